The van der Waals surface area contributed by atoms with Crippen LogP contribution in [0.1, 0.15) is 5.56 Å². The molecule has 9 nitrogen and oxygen atoms in total. The molecule has 1 atom stereocenters. The molecule has 0 spiro atoms. The molecule has 11 heteroatoms. The zero-order valence-corrected chi connectivity index (χ0v) is 13.3. The molecule has 5 N–H and O–H groups in total. The summed E-state index contributed by atoms with van der Waals surface area (Å²) in [5.74, 6) is -1.32. The van der Waals surface area contributed by atoms with E-state index in [2.05, 4.69) is 4.72 Å². The van der Waals surface area contributed by atoms with Crippen LogP contribution in [0.3, 0.4) is 0 Å². The maximum atomic E-state index is 11.6. The smallest absolute Gasteiger partial charge is 0.321 e. The minimum Gasteiger partial charge on any atom is -0.480 e. The van der Waals surface area contributed by atoms with Crippen LogP contribution in [0.15, 0.2) is 29.2 Å². The van der Waals surface area contributed by atoms with Gasteiger partial charge in [0.2, 0.25) is 0 Å². The van der Waals surface area contributed by atoms with E-state index >= 15 is 0 Å². The number of rotatable bonds is 8. The van der Waals surface area contributed by atoms with Gasteiger partial charge in [0, 0.05) is 19.3 Å². The average molecular weight is 351 g/mol. The van der Waals surface area contributed by atoms with Gasteiger partial charge in [-0.15, -0.1) is 0 Å². The van der Waals surface area contributed by atoms with Crippen molar-refractivity contribution in [1.29, 1.82) is 0 Å². The van der Waals surface area contributed by atoms with Gasteiger partial charge < -0.3 is 10.8 Å². The van der Waals surface area contributed by atoms with Crippen molar-refractivity contribution in [2.45, 2.75) is 17.5 Å². The summed E-state index contributed by atoms with van der Waals surface area (Å²) in [4.78, 5) is 10.6. The number of carboxylic acid groups (broad SMARTS) is 1. The van der Waals surface area contributed by atoms with E-state index in [1.54, 1.807) is 0 Å². The number of nitrogens with one attached hydrogen (secondary N) is 2. The molecule has 124 valence electrons. The van der Waals surface area contributed by atoms with Crippen molar-refractivity contribution in [2.24, 2.45) is 5.73 Å². The normalized spacial score (nSPS) is 13.7. The van der Waals surface area contributed by atoms with Gasteiger partial charge in [0.15, 0.2) is 9.84 Å². The van der Waals surface area contributed by atoms with Crippen molar-refractivity contribution in [3.8, 4) is 0 Å². The fourth-order valence-corrected chi connectivity index (χ4v) is 2.86. The lowest BCUT2D eigenvalue weighted by atomic mass is 10.2. The number of hydrogen-bond acceptors (Lipinski definition) is 6. The highest BCUT2D eigenvalue weighted by atomic mass is 32.2. The van der Waals surface area contributed by atoms with Crippen LogP contribution in [0.2, 0.25) is 0 Å². The first-order chi connectivity index (χ1) is 10.0. The number of carbonyl (C=O) groups is 1. The van der Waals surface area contributed by atoms with Crippen LogP contribution in [0.25, 0.3) is 0 Å². The van der Waals surface area contributed by atoms with Gasteiger partial charge in [0.1, 0.15) is 6.04 Å². The highest BCUT2D eigenvalue weighted by Gasteiger charge is 2.16. The third kappa shape index (κ3) is 6.07. The summed E-state index contributed by atoms with van der Waals surface area (Å²) < 4.78 is 49.9. The predicted molar refractivity (Wildman–Crippen MR) is 78.9 cm³/mol. The molecule has 1 aromatic rings. The first kappa shape index (κ1) is 18.5. The molecule has 0 heterocycles. The highest BCUT2D eigenvalue weighted by Crippen LogP contribution is 2.10. The molecule has 0 bridgehead atoms. The summed E-state index contributed by atoms with van der Waals surface area (Å²) in [6.07, 6.45) is 1.07. The van der Waals surface area contributed by atoms with Crippen LogP contribution in [0.4, 0.5) is 0 Å². The average Bonchev–Trinajstić information content (AvgIpc) is 2.42. The number of nitrogens with two attached hydrogens (primary N) is 1. The Labute approximate surface area is 128 Å². The van der Waals surface area contributed by atoms with Crippen LogP contribution < -0.4 is 15.2 Å². The quantitative estimate of drug-likeness (QED) is 0.440. The van der Waals surface area contributed by atoms with Gasteiger partial charge in [-0.3, -0.25) is 4.79 Å². The predicted octanol–water partition coefficient (Wildman–Crippen LogP) is -1.57. The largest absolute Gasteiger partial charge is 0.480 e. The van der Waals surface area contributed by atoms with Crippen LogP contribution in [-0.4, -0.2) is 46.8 Å². The van der Waals surface area contributed by atoms with E-state index in [4.69, 9.17) is 10.8 Å². The van der Waals surface area contributed by atoms with Gasteiger partial charge in [-0.2, -0.15) is 13.1 Å². The van der Waals surface area contributed by atoms with Crippen LogP contribution >= 0.6 is 0 Å². The van der Waals surface area contributed by atoms with E-state index in [-0.39, 0.29) is 11.4 Å². The Morgan fingerprint density at radius 1 is 1.18 bits per heavy atom. The maximum Gasteiger partial charge on any atom is 0.321 e. The molecular formula is C11H17N3O6S2. The third-order valence-corrected chi connectivity index (χ3v) is 4.83. The van der Waals surface area contributed by atoms with Crippen LogP contribution in [0, 0.1) is 0 Å². The van der Waals surface area contributed by atoms with E-state index in [1.807, 2.05) is 4.72 Å². The van der Waals surface area contributed by atoms with Crippen molar-refractivity contribution in [2.75, 3.05) is 12.8 Å². The molecule has 0 saturated carbocycles. The monoisotopic (exact) mass is 351 g/mol. The van der Waals surface area contributed by atoms with Gasteiger partial charge in [-0.25, -0.2) is 13.1 Å². The van der Waals surface area contributed by atoms with Crippen molar-refractivity contribution in [3.63, 3.8) is 0 Å². The highest BCUT2D eigenvalue weighted by molar-refractivity contribution is 7.90. The molecule has 1 rings (SSSR count). The lowest BCUT2D eigenvalue weighted by Gasteiger charge is -2.10. The summed E-state index contributed by atoms with van der Waals surface area (Å²) in [5.41, 5.74) is 5.72. The van der Waals surface area contributed by atoms with Gasteiger partial charge in [0.25, 0.3) is 10.2 Å². The lowest BCUT2D eigenvalue weighted by molar-refractivity contribution is -0.138. The fraction of sp³-hybridized carbons (Fsp3) is 0.364. The van der Waals surface area contributed by atoms with E-state index in [1.165, 1.54) is 24.3 Å². The number of sulfone groups is 1. The van der Waals surface area contributed by atoms with E-state index < -0.39 is 38.6 Å². The third-order valence-electron chi connectivity index (χ3n) is 2.63. The SMILES string of the molecule is CS(=O)(=O)c1ccc(CNS(=O)(=O)NCC(N)C(=O)O)cc1. The first-order valence-corrected chi connectivity index (χ1v) is 9.40. The van der Waals surface area contributed by atoms with E-state index in [9.17, 15) is 21.6 Å². The molecular weight excluding hydrogens is 334 g/mol. The first-order valence-electron chi connectivity index (χ1n) is 6.03. The van der Waals surface area contributed by atoms with Crippen molar-refractivity contribution < 1.29 is 26.7 Å². The Morgan fingerprint density at radius 2 is 1.73 bits per heavy atom. The molecule has 0 aliphatic heterocycles. The zero-order valence-electron chi connectivity index (χ0n) is 11.7. The number of benzene rings is 1. The molecule has 0 aliphatic carbocycles. The van der Waals surface area contributed by atoms with Gasteiger partial charge >= 0.3 is 5.97 Å². The number of aliphatic carboxylic acids is 1. The van der Waals surface area contributed by atoms with Crippen molar-refractivity contribution in [3.05, 3.63) is 29.8 Å². The Morgan fingerprint density at radius 3 is 2.18 bits per heavy atom. The van der Waals surface area contributed by atoms with Crippen LogP contribution in [-0.2, 0) is 31.4 Å². The van der Waals surface area contributed by atoms with Crippen LogP contribution in [0.5, 0.6) is 0 Å². The van der Waals surface area contributed by atoms with E-state index in [0.717, 1.165) is 6.26 Å². The number of carboxylic acids is 1. The van der Waals surface area contributed by atoms with Gasteiger partial charge in [-0.05, 0) is 17.7 Å². The van der Waals surface area contributed by atoms with Gasteiger partial charge in [0.05, 0.1) is 4.90 Å². The Bertz CT molecular complexity index is 728. The van der Waals surface area contributed by atoms with Gasteiger partial charge in [-0.1, -0.05) is 12.1 Å². The topological polar surface area (TPSA) is 156 Å². The minimum atomic E-state index is -3.91. The second kappa shape index (κ2) is 7.15. The fourth-order valence-electron chi connectivity index (χ4n) is 1.37. The summed E-state index contributed by atoms with van der Waals surface area (Å²) in [6.45, 7) is -0.528. The number of hydrogen-bond donors (Lipinski definition) is 4. The molecule has 0 aromatic heterocycles. The second-order valence-electron chi connectivity index (χ2n) is 4.53. The summed E-state index contributed by atoms with van der Waals surface area (Å²) in [6, 6.07) is 4.34. The Balaban J connectivity index is 2.60. The standard InChI is InChI=1S/C11H17N3O6S2/c1-21(17,18)9-4-2-8(3-5-9)6-13-22(19,20)14-7-10(12)11(15)16/h2-5,10,13-14H,6-7,12H2,1H3,(H,15,16). The molecule has 22 heavy (non-hydrogen) atoms. The van der Waals surface area contributed by atoms with Crippen molar-refractivity contribution >= 4 is 26.0 Å². The summed E-state index contributed by atoms with van der Waals surface area (Å²) in [7, 11) is -7.22. The molecule has 0 fully saturated rings. The Kier molecular flexibility index (Phi) is 6.02. The maximum absolute atomic E-state index is 11.6. The second-order valence-corrected chi connectivity index (χ2v) is 8.13. The van der Waals surface area contributed by atoms with Crippen molar-refractivity contribution in [1.82, 2.24) is 9.44 Å². The van der Waals surface area contributed by atoms with E-state index in [0.29, 0.717) is 5.56 Å². The minimum absolute atomic E-state index is 0.0817. The molecule has 0 radical (unpaired) electrons. The molecule has 0 saturated heterocycles. The summed E-state index contributed by atoms with van der Waals surface area (Å²) in [5, 5.41) is 8.55. The Hall–Kier alpha value is -1.53. The summed E-state index contributed by atoms with van der Waals surface area (Å²) >= 11 is 0. The molecule has 0 aliphatic rings. The lowest BCUT2D eigenvalue weighted by Crippen LogP contribution is -2.45. The zero-order chi connectivity index (χ0) is 17.0. The molecule has 1 aromatic carbocycles. The molecule has 1 unspecified atom stereocenters. The molecule has 0 amide bonds.